The number of rotatable bonds is 6. The molecule has 0 aliphatic rings. The van der Waals surface area contributed by atoms with Crippen LogP contribution in [-0.4, -0.2) is 12.1 Å². The highest BCUT2D eigenvalue weighted by molar-refractivity contribution is 6.37. The minimum Gasteiger partial charge on any atom is -0.486 e. The number of nitrogens with zero attached hydrogens (tertiary/aromatic N) is 1. The molecule has 1 aromatic heterocycles. The van der Waals surface area contributed by atoms with Gasteiger partial charge in [0.25, 0.3) is 0 Å². The summed E-state index contributed by atoms with van der Waals surface area (Å²) in [4.78, 5) is 12.3. The van der Waals surface area contributed by atoms with Crippen molar-refractivity contribution in [1.29, 1.82) is 0 Å². The lowest BCUT2D eigenvalue weighted by molar-refractivity contribution is 0.0929. The fourth-order valence-electron chi connectivity index (χ4n) is 2.89. The van der Waals surface area contributed by atoms with Crippen molar-refractivity contribution in [1.82, 2.24) is 5.43 Å². The van der Waals surface area contributed by atoms with Crippen LogP contribution in [0, 0.1) is 0 Å². The van der Waals surface area contributed by atoms with E-state index in [1.165, 1.54) is 6.21 Å². The summed E-state index contributed by atoms with van der Waals surface area (Å²) in [6.07, 6.45) is 1.41. The number of fused-ring (bicyclic) bond motifs is 1. The van der Waals surface area contributed by atoms with E-state index in [0.29, 0.717) is 26.9 Å². The van der Waals surface area contributed by atoms with E-state index < -0.39 is 5.91 Å². The Kier molecular flexibility index (Phi) is 6.92. The summed E-state index contributed by atoms with van der Waals surface area (Å²) in [5.41, 5.74) is 4.34. The third-order valence-corrected chi connectivity index (χ3v) is 5.59. The van der Waals surface area contributed by atoms with E-state index in [1.807, 2.05) is 18.2 Å². The lowest BCUT2D eigenvalue weighted by Gasteiger charge is -2.12. The molecule has 1 heterocycles. The molecule has 1 amide bonds. The second kappa shape index (κ2) is 9.84. The van der Waals surface area contributed by atoms with E-state index in [2.05, 4.69) is 10.5 Å². The molecular weight excluding hydrogens is 494 g/mol. The summed E-state index contributed by atoms with van der Waals surface area (Å²) in [5.74, 6) is -0.0127. The molecule has 0 fully saturated rings. The summed E-state index contributed by atoms with van der Waals surface area (Å²) >= 11 is 24.7. The standard InChI is InChI=1S/C23H14Cl4N2O3/c24-16-6-5-15(17(25)10-16)12-31-22-18(26)7-13(8-19(22)27)11-28-29-23(30)21-9-14-3-1-2-4-20(14)32-21/h1-11H,12H2,(H,29,30)/b28-11+. The van der Waals surface area contributed by atoms with Gasteiger partial charge in [0.05, 0.1) is 16.3 Å². The smallest absolute Gasteiger partial charge is 0.307 e. The SMILES string of the molecule is O=C(N/N=C/c1cc(Cl)c(OCc2ccc(Cl)cc2Cl)c(Cl)c1)c1cc2ccccc2o1. The minimum absolute atomic E-state index is 0.157. The Morgan fingerprint density at radius 2 is 1.72 bits per heavy atom. The van der Waals surface area contributed by atoms with Crippen molar-refractivity contribution in [3.8, 4) is 5.75 Å². The van der Waals surface area contributed by atoms with Gasteiger partial charge in [0.2, 0.25) is 0 Å². The zero-order valence-corrected chi connectivity index (χ0v) is 19.3. The van der Waals surface area contributed by atoms with Crippen LogP contribution in [0.4, 0.5) is 0 Å². The first-order valence-electron chi connectivity index (χ1n) is 9.28. The fourth-order valence-corrected chi connectivity index (χ4v) is 3.97. The van der Waals surface area contributed by atoms with Gasteiger partial charge >= 0.3 is 5.91 Å². The number of hydrogen-bond donors (Lipinski definition) is 1. The van der Waals surface area contributed by atoms with Gasteiger partial charge in [-0.15, -0.1) is 0 Å². The second-order valence-electron chi connectivity index (χ2n) is 6.69. The van der Waals surface area contributed by atoms with Gasteiger partial charge in [-0.1, -0.05) is 70.7 Å². The average molecular weight is 508 g/mol. The molecule has 0 bridgehead atoms. The van der Waals surface area contributed by atoms with E-state index in [0.717, 1.165) is 10.9 Å². The molecule has 32 heavy (non-hydrogen) atoms. The number of amides is 1. The number of carbonyl (C=O) groups excluding carboxylic acids is 1. The first-order valence-corrected chi connectivity index (χ1v) is 10.8. The molecule has 0 aliphatic carbocycles. The van der Waals surface area contributed by atoms with E-state index in [-0.39, 0.29) is 22.4 Å². The molecule has 0 saturated heterocycles. The Morgan fingerprint density at radius 1 is 0.969 bits per heavy atom. The number of halogens is 4. The van der Waals surface area contributed by atoms with E-state index in [1.54, 1.807) is 42.5 Å². The van der Waals surface area contributed by atoms with Crippen LogP contribution >= 0.6 is 46.4 Å². The van der Waals surface area contributed by atoms with Crippen molar-refractivity contribution in [3.63, 3.8) is 0 Å². The molecule has 0 radical (unpaired) electrons. The highest BCUT2D eigenvalue weighted by atomic mass is 35.5. The lowest BCUT2D eigenvalue weighted by Crippen LogP contribution is -2.16. The highest BCUT2D eigenvalue weighted by Gasteiger charge is 2.13. The Hall–Kier alpha value is -2.70. The Bertz CT molecular complexity index is 1280. The van der Waals surface area contributed by atoms with Crippen LogP contribution in [0.2, 0.25) is 20.1 Å². The van der Waals surface area contributed by atoms with E-state index in [9.17, 15) is 4.79 Å². The Labute approximate surface area is 203 Å². The second-order valence-corrected chi connectivity index (χ2v) is 8.34. The number of benzene rings is 3. The van der Waals surface area contributed by atoms with Crippen LogP contribution in [0.5, 0.6) is 5.75 Å². The van der Waals surface area contributed by atoms with Crippen LogP contribution < -0.4 is 10.2 Å². The van der Waals surface area contributed by atoms with Crippen LogP contribution in [0.3, 0.4) is 0 Å². The van der Waals surface area contributed by atoms with Crippen molar-refractivity contribution < 1.29 is 13.9 Å². The van der Waals surface area contributed by atoms with Crippen molar-refractivity contribution >= 4 is 69.5 Å². The molecule has 0 spiro atoms. The molecule has 5 nitrogen and oxygen atoms in total. The number of hydrogen-bond acceptors (Lipinski definition) is 4. The first-order chi connectivity index (χ1) is 15.4. The predicted octanol–water partition coefficient (Wildman–Crippen LogP) is 7.39. The van der Waals surface area contributed by atoms with Gasteiger partial charge in [0, 0.05) is 21.0 Å². The van der Waals surface area contributed by atoms with Gasteiger partial charge in [0.15, 0.2) is 11.5 Å². The molecule has 1 N–H and O–H groups in total. The van der Waals surface area contributed by atoms with Gasteiger partial charge in [-0.2, -0.15) is 5.10 Å². The van der Waals surface area contributed by atoms with Crippen LogP contribution in [0.1, 0.15) is 21.7 Å². The first kappa shape index (κ1) is 22.5. The summed E-state index contributed by atoms with van der Waals surface area (Å²) in [6.45, 7) is 0.163. The van der Waals surface area contributed by atoms with Crippen LogP contribution in [-0.2, 0) is 6.61 Å². The van der Waals surface area contributed by atoms with Gasteiger partial charge in [-0.25, -0.2) is 5.43 Å². The molecule has 0 saturated carbocycles. The normalized spacial score (nSPS) is 11.2. The van der Waals surface area contributed by atoms with E-state index >= 15 is 0 Å². The van der Waals surface area contributed by atoms with Gasteiger partial charge in [-0.3, -0.25) is 4.79 Å². The molecule has 0 atom stereocenters. The molecule has 0 aliphatic heterocycles. The predicted molar refractivity (Wildman–Crippen MR) is 129 cm³/mol. The van der Waals surface area contributed by atoms with Crippen molar-refractivity contribution in [3.05, 3.63) is 97.6 Å². The molecule has 0 unspecified atom stereocenters. The maximum atomic E-state index is 12.3. The molecular formula is C23H14Cl4N2O3. The quantitative estimate of drug-likeness (QED) is 0.218. The lowest BCUT2D eigenvalue weighted by atomic mass is 10.2. The number of carbonyl (C=O) groups is 1. The number of para-hydroxylation sites is 1. The molecule has 4 aromatic rings. The van der Waals surface area contributed by atoms with Crippen molar-refractivity contribution in [2.45, 2.75) is 6.61 Å². The highest BCUT2D eigenvalue weighted by Crippen LogP contribution is 2.35. The molecule has 9 heteroatoms. The molecule has 3 aromatic carbocycles. The summed E-state index contributed by atoms with van der Waals surface area (Å²) < 4.78 is 11.2. The number of furan rings is 1. The Morgan fingerprint density at radius 3 is 2.44 bits per heavy atom. The summed E-state index contributed by atoms with van der Waals surface area (Å²) in [6, 6.07) is 17.3. The number of hydrazone groups is 1. The maximum absolute atomic E-state index is 12.3. The zero-order valence-electron chi connectivity index (χ0n) is 16.2. The Balaban J connectivity index is 1.41. The monoisotopic (exact) mass is 506 g/mol. The minimum atomic E-state index is -0.477. The maximum Gasteiger partial charge on any atom is 0.307 e. The number of ether oxygens (including phenoxy) is 1. The van der Waals surface area contributed by atoms with E-state index in [4.69, 9.17) is 55.6 Å². The van der Waals surface area contributed by atoms with Crippen molar-refractivity contribution in [2.24, 2.45) is 5.10 Å². The number of nitrogens with one attached hydrogen (secondary N) is 1. The average Bonchev–Trinajstić information content (AvgIpc) is 3.19. The third-order valence-electron chi connectivity index (χ3n) is 4.44. The van der Waals surface area contributed by atoms with Crippen molar-refractivity contribution in [2.75, 3.05) is 0 Å². The largest absolute Gasteiger partial charge is 0.486 e. The summed E-state index contributed by atoms with van der Waals surface area (Å²) in [5, 5.41) is 6.35. The van der Waals surface area contributed by atoms with Gasteiger partial charge in [0.1, 0.15) is 12.2 Å². The molecule has 162 valence electrons. The topological polar surface area (TPSA) is 63.8 Å². The zero-order chi connectivity index (χ0) is 22.7. The van der Waals surface area contributed by atoms with Crippen LogP contribution in [0.15, 0.2) is 70.2 Å². The third kappa shape index (κ3) is 5.19. The molecule has 4 rings (SSSR count). The van der Waals surface area contributed by atoms with Crippen LogP contribution in [0.25, 0.3) is 11.0 Å². The van der Waals surface area contributed by atoms with Gasteiger partial charge < -0.3 is 9.15 Å². The van der Waals surface area contributed by atoms with Gasteiger partial charge in [-0.05, 0) is 42.0 Å². The fraction of sp³-hybridized carbons (Fsp3) is 0.0435. The summed E-state index contributed by atoms with van der Waals surface area (Å²) in [7, 11) is 0.